The number of hydrogen-bond acceptors (Lipinski definition) is 4. The normalized spacial score (nSPS) is 12.0. The van der Waals surface area contributed by atoms with Crippen LogP contribution in [0.4, 0.5) is 5.95 Å². The Hall–Kier alpha value is -2.67. The molecule has 3 aromatic rings. The molecule has 0 saturated carbocycles. The number of hydrogen-bond donors (Lipinski definition) is 3. The number of fused-ring (bicyclic) bond motifs is 1. The third-order valence-corrected chi connectivity index (χ3v) is 3.99. The van der Waals surface area contributed by atoms with Gasteiger partial charge in [-0.2, -0.15) is 0 Å². The first kappa shape index (κ1) is 14.3. The van der Waals surface area contributed by atoms with Gasteiger partial charge in [-0.3, -0.25) is 14.9 Å². The number of benzene rings is 1. The SMILES string of the molecule is CC(NC(=O)c1cccs1)C(=O)Nc1nc2ccccc2[nH]1. The second-order valence-corrected chi connectivity index (χ2v) is 5.71. The zero-order valence-electron chi connectivity index (χ0n) is 11.8. The van der Waals surface area contributed by atoms with Gasteiger partial charge in [0, 0.05) is 0 Å². The predicted octanol–water partition coefficient (Wildman–Crippen LogP) is 2.38. The molecule has 0 bridgehead atoms. The van der Waals surface area contributed by atoms with Crippen LogP contribution < -0.4 is 10.6 Å². The highest BCUT2D eigenvalue weighted by Crippen LogP contribution is 2.13. The lowest BCUT2D eigenvalue weighted by molar-refractivity contribution is -0.117. The van der Waals surface area contributed by atoms with E-state index >= 15 is 0 Å². The van der Waals surface area contributed by atoms with Gasteiger partial charge in [-0.15, -0.1) is 11.3 Å². The predicted molar refractivity (Wildman–Crippen MR) is 86.0 cm³/mol. The Morgan fingerprint density at radius 2 is 2.05 bits per heavy atom. The van der Waals surface area contributed by atoms with Crippen LogP contribution in [0.1, 0.15) is 16.6 Å². The maximum atomic E-state index is 12.1. The Morgan fingerprint density at radius 3 is 2.77 bits per heavy atom. The number of nitrogens with one attached hydrogen (secondary N) is 3. The van der Waals surface area contributed by atoms with Crippen LogP contribution in [0.15, 0.2) is 41.8 Å². The minimum absolute atomic E-state index is 0.262. The van der Waals surface area contributed by atoms with Crippen molar-refractivity contribution in [2.45, 2.75) is 13.0 Å². The number of para-hydroxylation sites is 2. The number of nitrogens with zero attached hydrogens (tertiary/aromatic N) is 1. The van der Waals surface area contributed by atoms with Crippen LogP contribution in [0.3, 0.4) is 0 Å². The lowest BCUT2D eigenvalue weighted by atomic mass is 10.3. The van der Waals surface area contributed by atoms with E-state index in [4.69, 9.17) is 0 Å². The number of H-pyrrole nitrogens is 1. The van der Waals surface area contributed by atoms with E-state index in [2.05, 4.69) is 20.6 Å². The number of anilines is 1. The molecule has 6 nitrogen and oxygen atoms in total. The van der Waals surface area contributed by atoms with Gasteiger partial charge in [-0.1, -0.05) is 18.2 Å². The van der Waals surface area contributed by atoms with E-state index < -0.39 is 6.04 Å². The summed E-state index contributed by atoms with van der Waals surface area (Å²) in [6.07, 6.45) is 0. The van der Waals surface area contributed by atoms with Gasteiger partial charge in [-0.05, 0) is 30.5 Å². The fourth-order valence-corrected chi connectivity index (χ4v) is 2.60. The smallest absolute Gasteiger partial charge is 0.261 e. The minimum atomic E-state index is -0.664. The van der Waals surface area contributed by atoms with Crippen molar-refractivity contribution in [1.82, 2.24) is 15.3 Å². The van der Waals surface area contributed by atoms with Crippen molar-refractivity contribution >= 4 is 40.1 Å². The van der Waals surface area contributed by atoms with Gasteiger partial charge >= 0.3 is 0 Å². The Morgan fingerprint density at radius 1 is 1.23 bits per heavy atom. The molecule has 2 heterocycles. The van der Waals surface area contributed by atoms with Crippen molar-refractivity contribution in [3.8, 4) is 0 Å². The van der Waals surface area contributed by atoms with Crippen LogP contribution in [0, 0.1) is 0 Å². The van der Waals surface area contributed by atoms with Crippen molar-refractivity contribution in [3.05, 3.63) is 46.7 Å². The molecular formula is C15H14N4O2S. The summed E-state index contributed by atoms with van der Waals surface area (Å²) in [5.41, 5.74) is 1.61. The highest BCUT2D eigenvalue weighted by atomic mass is 32.1. The largest absolute Gasteiger partial charge is 0.340 e. The third-order valence-electron chi connectivity index (χ3n) is 3.12. The molecule has 0 aliphatic heterocycles. The summed E-state index contributed by atoms with van der Waals surface area (Å²) in [6.45, 7) is 1.63. The summed E-state index contributed by atoms with van der Waals surface area (Å²) in [6, 6.07) is 10.3. The molecule has 0 spiro atoms. The molecule has 0 aliphatic rings. The quantitative estimate of drug-likeness (QED) is 0.691. The van der Waals surface area contributed by atoms with Crippen molar-refractivity contribution in [3.63, 3.8) is 0 Å². The number of carbonyl (C=O) groups excluding carboxylic acids is 2. The maximum absolute atomic E-state index is 12.1. The van der Waals surface area contributed by atoms with Crippen LogP contribution in [0.5, 0.6) is 0 Å². The van der Waals surface area contributed by atoms with Crippen LogP contribution >= 0.6 is 11.3 Å². The molecular weight excluding hydrogens is 300 g/mol. The standard InChI is InChI=1S/C15H14N4O2S/c1-9(16-14(21)12-7-4-8-22-12)13(20)19-15-17-10-5-2-3-6-11(10)18-15/h2-9H,1H3,(H,16,21)(H2,17,18,19,20). The first-order valence-electron chi connectivity index (χ1n) is 6.73. The molecule has 2 aromatic heterocycles. The van der Waals surface area contributed by atoms with Crippen molar-refractivity contribution in [2.75, 3.05) is 5.32 Å². The summed E-state index contributed by atoms with van der Waals surface area (Å²) in [4.78, 5) is 31.9. The van der Waals surface area contributed by atoms with Crippen LogP contribution in [-0.2, 0) is 4.79 Å². The summed E-state index contributed by atoms with van der Waals surface area (Å²) in [7, 11) is 0. The molecule has 0 saturated heterocycles. The number of aromatic nitrogens is 2. The molecule has 7 heteroatoms. The third kappa shape index (κ3) is 2.99. The molecule has 3 rings (SSSR count). The highest BCUT2D eigenvalue weighted by Gasteiger charge is 2.18. The zero-order valence-corrected chi connectivity index (χ0v) is 12.6. The summed E-state index contributed by atoms with van der Waals surface area (Å²) in [5, 5.41) is 7.13. The molecule has 1 aromatic carbocycles. The van der Waals surface area contributed by atoms with Crippen LogP contribution in [0.2, 0.25) is 0 Å². The van der Waals surface area contributed by atoms with Gasteiger partial charge in [0.15, 0.2) is 0 Å². The minimum Gasteiger partial charge on any atom is -0.340 e. The topological polar surface area (TPSA) is 86.9 Å². The van der Waals surface area contributed by atoms with E-state index in [1.54, 1.807) is 19.1 Å². The van der Waals surface area contributed by atoms with Crippen molar-refractivity contribution in [1.29, 1.82) is 0 Å². The van der Waals surface area contributed by atoms with E-state index in [1.807, 2.05) is 29.6 Å². The Kier molecular flexibility index (Phi) is 3.88. The summed E-state index contributed by atoms with van der Waals surface area (Å²) >= 11 is 1.33. The lowest BCUT2D eigenvalue weighted by Crippen LogP contribution is -2.41. The molecule has 1 unspecified atom stereocenters. The number of amides is 2. The molecule has 0 radical (unpaired) electrons. The fourth-order valence-electron chi connectivity index (χ4n) is 1.98. The molecule has 3 N–H and O–H groups in total. The Bertz CT molecular complexity index is 777. The van der Waals surface area contributed by atoms with E-state index in [0.29, 0.717) is 10.8 Å². The average Bonchev–Trinajstić information content (AvgIpc) is 3.15. The van der Waals surface area contributed by atoms with E-state index in [1.165, 1.54) is 11.3 Å². The Balaban J connectivity index is 1.64. The number of imidazole rings is 1. The first-order chi connectivity index (χ1) is 10.6. The lowest BCUT2D eigenvalue weighted by Gasteiger charge is -2.12. The summed E-state index contributed by atoms with van der Waals surface area (Å²) < 4.78 is 0. The maximum Gasteiger partial charge on any atom is 0.261 e. The Labute approximate surface area is 130 Å². The average molecular weight is 314 g/mol. The van der Waals surface area contributed by atoms with E-state index in [-0.39, 0.29) is 11.8 Å². The summed E-state index contributed by atoms with van der Waals surface area (Å²) in [5.74, 6) is -0.227. The first-order valence-corrected chi connectivity index (χ1v) is 7.61. The number of thiophene rings is 1. The molecule has 112 valence electrons. The monoisotopic (exact) mass is 314 g/mol. The van der Waals surface area contributed by atoms with Gasteiger partial charge in [0.1, 0.15) is 6.04 Å². The van der Waals surface area contributed by atoms with E-state index in [0.717, 1.165) is 11.0 Å². The number of rotatable bonds is 4. The molecule has 0 fully saturated rings. The number of carbonyl (C=O) groups is 2. The van der Waals surface area contributed by atoms with Crippen LogP contribution in [0.25, 0.3) is 11.0 Å². The second-order valence-electron chi connectivity index (χ2n) is 4.76. The van der Waals surface area contributed by atoms with Crippen molar-refractivity contribution in [2.24, 2.45) is 0 Å². The molecule has 1 atom stereocenters. The molecule has 2 amide bonds. The number of aromatic amines is 1. The van der Waals surface area contributed by atoms with E-state index in [9.17, 15) is 9.59 Å². The van der Waals surface area contributed by atoms with Gasteiger partial charge < -0.3 is 10.3 Å². The van der Waals surface area contributed by atoms with Crippen LogP contribution in [-0.4, -0.2) is 27.8 Å². The highest BCUT2D eigenvalue weighted by molar-refractivity contribution is 7.12. The molecule has 22 heavy (non-hydrogen) atoms. The fraction of sp³-hybridized carbons (Fsp3) is 0.133. The van der Waals surface area contributed by atoms with Gasteiger partial charge in [0.05, 0.1) is 15.9 Å². The van der Waals surface area contributed by atoms with Gasteiger partial charge in [-0.25, -0.2) is 4.98 Å². The molecule has 0 aliphatic carbocycles. The van der Waals surface area contributed by atoms with Crippen molar-refractivity contribution < 1.29 is 9.59 Å². The van der Waals surface area contributed by atoms with Gasteiger partial charge in [0.2, 0.25) is 11.9 Å². The zero-order chi connectivity index (χ0) is 15.5. The van der Waals surface area contributed by atoms with Gasteiger partial charge in [0.25, 0.3) is 5.91 Å². The second kappa shape index (κ2) is 5.98.